The van der Waals surface area contributed by atoms with E-state index >= 15 is 0 Å². The minimum Gasteiger partial charge on any atom is -0.390 e. The summed E-state index contributed by atoms with van der Waals surface area (Å²) in [5.74, 6) is 0. The Hall–Kier alpha value is -0.0800. The van der Waals surface area contributed by atoms with Gasteiger partial charge in [-0.2, -0.15) is 0 Å². The average molecular weight is 174 g/mol. The lowest BCUT2D eigenvalue weighted by atomic mass is 10.1. The van der Waals surface area contributed by atoms with Gasteiger partial charge < -0.3 is 9.84 Å². The van der Waals surface area contributed by atoms with E-state index < -0.39 is 0 Å². The summed E-state index contributed by atoms with van der Waals surface area (Å²) in [5, 5.41) is 9.23. The summed E-state index contributed by atoms with van der Waals surface area (Å²) < 4.78 is 5.27. The van der Waals surface area contributed by atoms with Crippen molar-refractivity contribution < 1.29 is 9.84 Å². The summed E-state index contributed by atoms with van der Waals surface area (Å²) in [5.41, 5.74) is 0. The summed E-state index contributed by atoms with van der Waals surface area (Å²) in [7, 11) is 0. The molecule has 1 aliphatic rings. The molecule has 2 unspecified atom stereocenters. The molecule has 0 aromatic heterocycles. The van der Waals surface area contributed by atoms with Crippen LogP contribution in [0.5, 0.6) is 0 Å². The minimum atomic E-state index is -0.229. The van der Waals surface area contributed by atoms with Crippen molar-refractivity contribution in [1.29, 1.82) is 0 Å². The van der Waals surface area contributed by atoms with Gasteiger partial charge in [-0.1, -0.05) is 20.3 Å². The minimum absolute atomic E-state index is 0.0486. The zero-order valence-electron chi connectivity index (χ0n) is 8.55. The van der Waals surface area contributed by atoms with Gasteiger partial charge in [0.2, 0.25) is 0 Å². The van der Waals surface area contributed by atoms with Crippen molar-refractivity contribution in [3.63, 3.8) is 0 Å². The Bertz CT molecular complexity index is 83.8. The SMILES string of the molecule is CC1OCCCCC1O.CCC. The summed E-state index contributed by atoms with van der Waals surface area (Å²) in [6, 6.07) is 0. The van der Waals surface area contributed by atoms with Crippen LogP contribution in [0.4, 0.5) is 0 Å². The van der Waals surface area contributed by atoms with Crippen molar-refractivity contribution >= 4 is 0 Å². The molecule has 0 aromatic rings. The van der Waals surface area contributed by atoms with E-state index in [1.54, 1.807) is 0 Å². The van der Waals surface area contributed by atoms with E-state index in [9.17, 15) is 5.11 Å². The molecular weight excluding hydrogens is 152 g/mol. The second-order valence-corrected chi connectivity index (χ2v) is 3.35. The molecule has 1 fully saturated rings. The molecule has 12 heavy (non-hydrogen) atoms. The predicted octanol–water partition coefficient (Wildman–Crippen LogP) is 2.35. The van der Waals surface area contributed by atoms with Gasteiger partial charge >= 0.3 is 0 Å². The molecule has 0 saturated carbocycles. The quantitative estimate of drug-likeness (QED) is 0.611. The molecule has 0 radical (unpaired) electrons. The van der Waals surface area contributed by atoms with Crippen LogP contribution in [0.25, 0.3) is 0 Å². The zero-order valence-corrected chi connectivity index (χ0v) is 8.55. The zero-order chi connectivity index (χ0) is 9.40. The monoisotopic (exact) mass is 174 g/mol. The van der Waals surface area contributed by atoms with E-state index in [0.717, 1.165) is 25.9 Å². The molecule has 2 atom stereocenters. The molecule has 1 N–H and O–H groups in total. The highest BCUT2D eigenvalue weighted by Crippen LogP contribution is 2.12. The van der Waals surface area contributed by atoms with Crippen LogP contribution in [-0.2, 0) is 4.74 Å². The molecule has 1 rings (SSSR count). The standard InChI is InChI=1S/C7H14O2.C3H8/c1-6-7(8)4-2-3-5-9-6;1-3-2/h6-8H,2-5H2,1H3;3H2,1-2H3. The average Bonchev–Trinajstić information content (AvgIpc) is 2.19. The first-order chi connectivity index (χ1) is 5.72. The van der Waals surface area contributed by atoms with Crippen LogP contribution < -0.4 is 0 Å². The fourth-order valence-corrected chi connectivity index (χ4v) is 1.07. The molecule has 0 amide bonds. The molecule has 0 spiro atoms. The molecule has 0 bridgehead atoms. The van der Waals surface area contributed by atoms with Crippen molar-refractivity contribution in [3.8, 4) is 0 Å². The maximum Gasteiger partial charge on any atom is 0.0805 e. The van der Waals surface area contributed by atoms with Crippen LogP contribution in [0.1, 0.15) is 46.5 Å². The van der Waals surface area contributed by atoms with Gasteiger partial charge in [0, 0.05) is 6.61 Å². The topological polar surface area (TPSA) is 29.5 Å². The van der Waals surface area contributed by atoms with Crippen LogP contribution in [0.3, 0.4) is 0 Å². The Balaban J connectivity index is 0.000000354. The van der Waals surface area contributed by atoms with Gasteiger partial charge in [0.1, 0.15) is 0 Å². The van der Waals surface area contributed by atoms with Crippen LogP contribution in [0.15, 0.2) is 0 Å². The third-order valence-corrected chi connectivity index (χ3v) is 1.82. The highest BCUT2D eigenvalue weighted by molar-refractivity contribution is 4.66. The van der Waals surface area contributed by atoms with Crippen molar-refractivity contribution in [2.24, 2.45) is 0 Å². The van der Waals surface area contributed by atoms with Crippen LogP contribution in [0, 0.1) is 0 Å². The van der Waals surface area contributed by atoms with Gasteiger partial charge in [-0.3, -0.25) is 0 Å². The lowest BCUT2D eigenvalue weighted by molar-refractivity contribution is -0.0136. The largest absolute Gasteiger partial charge is 0.390 e. The Kier molecular flexibility index (Phi) is 7.51. The highest BCUT2D eigenvalue weighted by Gasteiger charge is 2.16. The second kappa shape index (κ2) is 7.56. The lowest BCUT2D eigenvalue weighted by Gasteiger charge is -2.14. The maximum absolute atomic E-state index is 9.23. The molecule has 0 aliphatic carbocycles. The molecule has 0 aromatic carbocycles. The van der Waals surface area contributed by atoms with E-state index in [-0.39, 0.29) is 12.2 Å². The fourth-order valence-electron chi connectivity index (χ4n) is 1.07. The third kappa shape index (κ3) is 5.56. The number of hydrogen-bond acceptors (Lipinski definition) is 2. The smallest absolute Gasteiger partial charge is 0.0805 e. The summed E-state index contributed by atoms with van der Waals surface area (Å²) in [4.78, 5) is 0. The van der Waals surface area contributed by atoms with E-state index in [0.29, 0.717) is 0 Å². The number of aliphatic hydroxyl groups is 1. The number of aliphatic hydroxyl groups excluding tert-OH is 1. The number of hydrogen-bond donors (Lipinski definition) is 1. The van der Waals surface area contributed by atoms with Gasteiger partial charge in [0.15, 0.2) is 0 Å². The fraction of sp³-hybridized carbons (Fsp3) is 1.00. The first kappa shape index (κ1) is 11.9. The molecule has 1 saturated heterocycles. The van der Waals surface area contributed by atoms with Gasteiger partial charge in [-0.15, -0.1) is 0 Å². The van der Waals surface area contributed by atoms with Gasteiger partial charge in [-0.25, -0.2) is 0 Å². The van der Waals surface area contributed by atoms with Crippen molar-refractivity contribution in [2.45, 2.75) is 58.7 Å². The van der Waals surface area contributed by atoms with E-state index in [1.165, 1.54) is 6.42 Å². The summed E-state index contributed by atoms with van der Waals surface area (Å²) in [6.45, 7) is 6.99. The maximum atomic E-state index is 9.23. The van der Waals surface area contributed by atoms with Crippen molar-refractivity contribution in [2.75, 3.05) is 6.61 Å². The molecular formula is C10H22O2. The van der Waals surface area contributed by atoms with E-state index in [1.807, 2.05) is 6.92 Å². The van der Waals surface area contributed by atoms with E-state index in [2.05, 4.69) is 13.8 Å². The Morgan fingerprint density at radius 1 is 1.33 bits per heavy atom. The first-order valence-corrected chi connectivity index (χ1v) is 5.02. The highest BCUT2D eigenvalue weighted by atomic mass is 16.5. The molecule has 1 heterocycles. The molecule has 74 valence electrons. The van der Waals surface area contributed by atoms with Gasteiger partial charge in [-0.05, 0) is 26.2 Å². The Morgan fingerprint density at radius 3 is 2.50 bits per heavy atom. The summed E-state index contributed by atoms with van der Waals surface area (Å²) in [6.07, 6.45) is 4.17. The van der Waals surface area contributed by atoms with Gasteiger partial charge in [0.05, 0.1) is 12.2 Å². The molecule has 2 nitrogen and oxygen atoms in total. The Morgan fingerprint density at radius 2 is 1.92 bits per heavy atom. The van der Waals surface area contributed by atoms with Crippen LogP contribution >= 0.6 is 0 Å². The molecule has 1 aliphatic heterocycles. The first-order valence-electron chi connectivity index (χ1n) is 5.02. The van der Waals surface area contributed by atoms with Crippen molar-refractivity contribution in [3.05, 3.63) is 0 Å². The lowest BCUT2D eigenvalue weighted by Crippen LogP contribution is -2.23. The van der Waals surface area contributed by atoms with Crippen LogP contribution in [0.2, 0.25) is 0 Å². The molecule has 2 heteroatoms. The Labute approximate surface area is 75.9 Å². The van der Waals surface area contributed by atoms with E-state index in [4.69, 9.17) is 4.74 Å². The predicted molar refractivity (Wildman–Crippen MR) is 51.2 cm³/mol. The second-order valence-electron chi connectivity index (χ2n) is 3.35. The van der Waals surface area contributed by atoms with Crippen LogP contribution in [-0.4, -0.2) is 23.9 Å². The third-order valence-electron chi connectivity index (χ3n) is 1.82. The normalized spacial score (nSPS) is 30.0. The van der Waals surface area contributed by atoms with Gasteiger partial charge in [0.25, 0.3) is 0 Å². The van der Waals surface area contributed by atoms with Crippen molar-refractivity contribution in [1.82, 2.24) is 0 Å². The number of ether oxygens (including phenoxy) is 1. The summed E-state index contributed by atoms with van der Waals surface area (Å²) >= 11 is 0. The number of rotatable bonds is 0.